The van der Waals surface area contributed by atoms with Crippen LogP contribution < -0.4 is 5.73 Å². The van der Waals surface area contributed by atoms with Crippen molar-refractivity contribution in [3.63, 3.8) is 0 Å². The van der Waals surface area contributed by atoms with E-state index in [9.17, 15) is 4.39 Å². The predicted octanol–water partition coefficient (Wildman–Crippen LogP) is 2.62. The molecule has 0 aliphatic carbocycles. The molecule has 0 saturated heterocycles. The molecule has 0 aliphatic heterocycles. The molecule has 0 fully saturated rings. The highest BCUT2D eigenvalue weighted by Crippen LogP contribution is 2.13. The fourth-order valence-electron chi connectivity index (χ4n) is 1.19. The lowest BCUT2D eigenvalue weighted by atomic mass is 10.1. The molecule has 0 amide bonds. The van der Waals surface area contributed by atoms with Gasteiger partial charge in [0.25, 0.3) is 0 Å². The highest BCUT2D eigenvalue weighted by Gasteiger charge is 1.98. The van der Waals surface area contributed by atoms with Gasteiger partial charge in [-0.1, -0.05) is 18.2 Å². The molecule has 0 saturated carbocycles. The summed E-state index contributed by atoms with van der Waals surface area (Å²) >= 11 is 4.09. The number of nitrogens with two attached hydrogens (primary N) is 1. The quantitative estimate of drug-likeness (QED) is 0.736. The first-order valence-corrected chi connectivity index (χ1v) is 5.17. The monoisotopic (exact) mass is 211 g/mol. The van der Waals surface area contributed by atoms with Crippen LogP contribution in [-0.4, -0.2) is 5.75 Å². The third kappa shape index (κ3) is 3.16. The van der Waals surface area contributed by atoms with Crippen molar-refractivity contribution in [3.8, 4) is 0 Å². The molecule has 0 bridgehead atoms. The molecule has 1 nitrogen and oxygen atoms in total. The van der Waals surface area contributed by atoms with Gasteiger partial charge in [-0.05, 0) is 35.4 Å². The van der Waals surface area contributed by atoms with Crippen LogP contribution in [0.5, 0.6) is 0 Å². The van der Waals surface area contributed by atoms with Gasteiger partial charge in [-0.3, -0.25) is 0 Å². The van der Waals surface area contributed by atoms with Crippen molar-refractivity contribution in [1.29, 1.82) is 0 Å². The average Bonchev–Trinajstić information content (AvgIpc) is 2.19. The van der Waals surface area contributed by atoms with E-state index in [2.05, 4.69) is 12.6 Å². The van der Waals surface area contributed by atoms with Gasteiger partial charge in [0.1, 0.15) is 5.82 Å². The Kier molecular flexibility index (Phi) is 4.70. The largest absolute Gasteiger partial charge is 0.326 e. The van der Waals surface area contributed by atoms with Crippen LogP contribution in [0.3, 0.4) is 0 Å². The molecule has 1 rings (SSSR count). The van der Waals surface area contributed by atoms with Crippen LogP contribution in [0.15, 0.2) is 24.3 Å². The number of halogens is 1. The number of hydrogen-bond donors (Lipinski definition) is 2. The SMILES string of the molecule is NCc1ccc(F)cc1C=CCCS. The zero-order chi connectivity index (χ0) is 10.4. The summed E-state index contributed by atoms with van der Waals surface area (Å²) in [6.07, 6.45) is 4.74. The Morgan fingerprint density at radius 3 is 2.86 bits per heavy atom. The predicted molar refractivity (Wildman–Crippen MR) is 61.8 cm³/mol. The summed E-state index contributed by atoms with van der Waals surface area (Å²) in [6.45, 7) is 0.431. The second-order valence-corrected chi connectivity index (χ2v) is 3.41. The molecule has 2 N–H and O–H groups in total. The van der Waals surface area contributed by atoms with Crippen LogP contribution in [0.4, 0.5) is 4.39 Å². The van der Waals surface area contributed by atoms with Crippen molar-refractivity contribution in [2.24, 2.45) is 5.73 Å². The fourth-order valence-corrected chi connectivity index (χ4v) is 1.34. The van der Waals surface area contributed by atoms with Crippen LogP contribution in [0, 0.1) is 5.82 Å². The van der Waals surface area contributed by atoms with E-state index in [1.54, 1.807) is 6.07 Å². The third-order valence-electron chi connectivity index (χ3n) is 1.92. The van der Waals surface area contributed by atoms with E-state index in [0.717, 1.165) is 23.3 Å². The topological polar surface area (TPSA) is 26.0 Å². The minimum absolute atomic E-state index is 0.229. The zero-order valence-corrected chi connectivity index (χ0v) is 8.81. The van der Waals surface area contributed by atoms with E-state index < -0.39 is 0 Å². The van der Waals surface area contributed by atoms with Crippen molar-refractivity contribution in [2.45, 2.75) is 13.0 Å². The molecule has 14 heavy (non-hydrogen) atoms. The van der Waals surface area contributed by atoms with Crippen LogP contribution in [0.25, 0.3) is 6.08 Å². The van der Waals surface area contributed by atoms with Crippen molar-refractivity contribution in [1.82, 2.24) is 0 Å². The van der Waals surface area contributed by atoms with Gasteiger partial charge in [-0.15, -0.1) is 0 Å². The van der Waals surface area contributed by atoms with E-state index in [1.807, 2.05) is 12.2 Å². The smallest absolute Gasteiger partial charge is 0.123 e. The Labute approximate surface area is 89.2 Å². The molecule has 76 valence electrons. The van der Waals surface area contributed by atoms with E-state index >= 15 is 0 Å². The van der Waals surface area contributed by atoms with Gasteiger partial charge in [-0.2, -0.15) is 12.6 Å². The van der Waals surface area contributed by atoms with Gasteiger partial charge in [0.15, 0.2) is 0 Å². The molecule has 0 aromatic heterocycles. The second kappa shape index (κ2) is 5.83. The molecule has 3 heteroatoms. The van der Waals surface area contributed by atoms with Crippen molar-refractivity contribution < 1.29 is 4.39 Å². The lowest BCUT2D eigenvalue weighted by molar-refractivity contribution is 0.626. The highest BCUT2D eigenvalue weighted by atomic mass is 32.1. The number of benzene rings is 1. The van der Waals surface area contributed by atoms with Gasteiger partial charge in [-0.25, -0.2) is 4.39 Å². The Balaban J connectivity index is 2.87. The first-order chi connectivity index (χ1) is 6.77. The molecule has 0 atom stereocenters. The van der Waals surface area contributed by atoms with Crippen molar-refractivity contribution >= 4 is 18.7 Å². The Hall–Kier alpha value is -0.800. The average molecular weight is 211 g/mol. The second-order valence-electron chi connectivity index (χ2n) is 2.96. The first-order valence-electron chi connectivity index (χ1n) is 4.54. The van der Waals surface area contributed by atoms with Crippen LogP contribution >= 0.6 is 12.6 Å². The first kappa shape index (κ1) is 11.3. The molecular formula is C11H14FNS. The standard InChI is InChI=1S/C11H14FNS/c12-11-5-4-10(8-13)9(7-11)3-1-2-6-14/h1,3-5,7,14H,2,6,8,13H2. The molecule has 0 radical (unpaired) electrons. The van der Waals surface area contributed by atoms with E-state index in [-0.39, 0.29) is 5.82 Å². The van der Waals surface area contributed by atoms with E-state index in [0.29, 0.717) is 6.54 Å². The van der Waals surface area contributed by atoms with Gasteiger partial charge < -0.3 is 5.73 Å². The molecule has 0 aliphatic rings. The Morgan fingerprint density at radius 1 is 1.43 bits per heavy atom. The minimum Gasteiger partial charge on any atom is -0.326 e. The highest BCUT2D eigenvalue weighted by molar-refractivity contribution is 7.80. The number of hydrogen-bond acceptors (Lipinski definition) is 2. The van der Waals surface area contributed by atoms with Crippen LogP contribution in [0.2, 0.25) is 0 Å². The third-order valence-corrected chi connectivity index (χ3v) is 2.18. The van der Waals surface area contributed by atoms with Crippen molar-refractivity contribution in [2.75, 3.05) is 5.75 Å². The summed E-state index contributed by atoms with van der Waals surface area (Å²) < 4.78 is 12.9. The fraction of sp³-hybridized carbons (Fsp3) is 0.273. The Bertz CT molecular complexity index is 323. The summed E-state index contributed by atoms with van der Waals surface area (Å²) in [5, 5.41) is 0. The van der Waals surface area contributed by atoms with Crippen LogP contribution in [-0.2, 0) is 6.54 Å². The summed E-state index contributed by atoms with van der Waals surface area (Å²) in [6, 6.07) is 4.64. The van der Waals surface area contributed by atoms with Crippen molar-refractivity contribution in [3.05, 3.63) is 41.2 Å². The molecule has 0 spiro atoms. The molecule has 0 unspecified atom stereocenters. The van der Waals surface area contributed by atoms with Crippen LogP contribution in [0.1, 0.15) is 17.5 Å². The number of allylic oxidation sites excluding steroid dienone is 1. The lowest BCUT2D eigenvalue weighted by Gasteiger charge is -2.02. The zero-order valence-electron chi connectivity index (χ0n) is 7.91. The molecule has 1 aromatic carbocycles. The summed E-state index contributed by atoms with van der Waals surface area (Å²) in [5.41, 5.74) is 7.35. The lowest BCUT2D eigenvalue weighted by Crippen LogP contribution is -1.99. The van der Waals surface area contributed by atoms with Gasteiger partial charge in [0.05, 0.1) is 0 Å². The Morgan fingerprint density at radius 2 is 2.21 bits per heavy atom. The summed E-state index contributed by atoms with van der Waals surface area (Å²) in [7, 11) is 0. The molecular weight excluding hydrogens is 197 g/mol. The maximum absolute atomic E-state index is 12.9. The molecule has 1 aromatic rings. The van der Waals surface area contributed by atoms with Gasteiger partial charge in [0, 0.05) is 6.54 Å². The number of rotatable bonds is 4. The maximum atomic E-state index is 12.9. The van der Waals surface area contributed by atoms with Gasteiger partial charge >= 0.3 is 0 Å². The molecule has 0 heterocycles. The number of thiol groups is 1. The summed E-state index contributed by atoms with van der Waals surface area (Å²) in [5.74, 6) is 0.566. The normalized spacial score (nSPS) is 11.1. The van der Waals surface area contributed by atoms with E-state index in [4.69, 9.17) is 5.73 Å². The van der Waals surface area contributed by atoms with E-state index in [1.165, 1.54) is 12.1 Å². The minimum atomic E-state index is -0.229. The summed E-state index contributed by atoms with van der Waals surface area (Å²) in [4.78, 5) is 0. The van der Waals surface area contributed by atoms with Gasteiger partial charge in [0.2, 0.25) is 0 Å². The maximum Gasteiger partial charge on any atom is 0.123 e.